The van der Waals surface area contributed by atoms with E-state index in [1.54, 1.807) is 0 Å². The highest BCUT2D eigenvalue weighted by Crippen LogP contribution is 2.24. The lowest BCUT2D eigenvalue weighted by atomic mass is 10.1. The Bertz CT molecular complexity index is 594. The van der Waals surface area contributed by atoms with Crippen molar-refractivity contribution in [3.05, 3.63) is 63.6 Å². The number of nitrogens with one attached hydrogen (secondary N) is 1. The van der Waals surface area contributed by atoms with Gasteiger partial charge in [-0.15, -0.1) is 0 Å². The van der Waals surface area contributed by atoms with Crippen molar-refractivity contribution in [3.8, 4) is 0 Å². The van der Waals surface area contributed by atoms with Gasteiger partial charge in [0, 0.05) is 15.4 Å². The van der Waals surface area contributed by atoms with E-state index in [0.29, 0.717) is 5.56 Å². The second kappa shape index (κ2) is 6.35. The number of rotatable bonds is 3. The van der Waals surface area contributed by atoms with Gasteiger partial charge in [-0.05, 0) is 58.2 Å². The molecule has 1 N–H and O–H groups in total. The van der Waals surface area contributed by atoms with Gasteiger partial charge in [0.2, 0.25) is 0 Å². The van der Waals surface area contributed by atoms with Gasteiger partial charge in [-0.25, -0.2) is 0 Å². The minimum absolute atomic E-state index is 0.106. The Morgan fingerprint density at radius 1 is 1.16 bits per heavy atom. The van der Waals surface area contributed by atoms with E-state index in [1.165, 1.54) is 0 Å². The molecular weight excluding hydrogens is 370 g/mol. The van der Waals surface area contributed by atoms with Crippen LogP contribution in [0.5, 0.6) is 0 Å². The molecule has 19 heavy (non-hydrogen) atoms. The second-order valence-corrected chi connectivity index (χ2v) is 5.68. The predicted octanol–water partition coefficient (Wildman–Crippen LogP) is 4.90. The number of hydrogen-bond acceptors (Lipinski definition) is 1. The van der Waals surface area contributed by atoms with Crippen molar-refractivity contribution in [2.45, 2.75) is 12.3 Å². The summed E-state index contributed by atoms with van der Waals surface area (Å²) in [6.07, 6.45) is 0. The number of alkyl halides is 1. The van der Waals surface area contributed by atoms with Gasteiger partial charge in [-0.1, -0.05) is 34.1 Å². The zero-order valence-electron chi connectivity index (χ0n) is 10.4. The molecule has 0 aliphatic rings. The highest BCUT2D eigenvalue weighted by atomic mass is 79.9. The van der Waals surface area contributed by atoms with Gasteiger partial charge < -0.3 is 5.32 Å². The van der Waals surface area contributed by atoms with Crippen LogP contribution in [0.15, 0.2) is 46.9 Å². The van der Waals surface area contributed by atoms with Gasteiger partial charge in [0.25, 0.3) is 5.91 Å². The van der Waals surface area contributed by atoms with Crippen LogP contribution in [0.2, 0.25) is 0 Å². The molecule has 0 radical (unpaired) electrons. The highest BCUT2D eigenvalue weighted by molar-refractivity contribution is 9.10. The largest absolute Gasteiger partial charge is 0.321 e. The number of anilines is 1. The van der Waals surface area contributed by atoms with E-state index < -0.39 is 0 Å². The second-order valence-electron chi connectivity index (χ2n) is 4.27. The molecular formula is C15H13Br2NO. The zero-order valence-corrected chi connectivity index (χ0v) is 13.6. The third kappa shape index (κ3) is 3.67. The van der Waals surface area contributed by atoms with Crippen molar-refractivity contribution < 1.29 is 4.79 Å². The normalized spacial score (nSPS) is 10.3. The van der Waals surface area contributed by atoms with E-state index in [-0.39, 0.29) is 5.91 Å². The van der Waals surface area contributed by atoms with Gasteiger partial charge >= 0.3 is 0 Å². The van der Waals surface area contributed by atoms with Crippen LogP contribution in [0.25, 0.3) is 0 Å². The summed E-state index contributed by atoms with van der Waals surface area (Å²) in [6.45, 7) is 2.01. The molecule has 0 aromatic heterocycles. The summed E-state index contributed by atoms with van der Waals surface area (Å²) in [4.78, 5) is 12.1. The van der Waals surface area contributed by atoms with E-state index in [2.05, 4.69) is 37.2 Å². The Hall–Kier alpha value is -1.13. The molecule has 4 heteroatoms. The van der Waals surface area contributed by atoms with Gasteiger partial charge in [0.1, 0.15) is 0 Å². The summed E-state index contributed by atoms with van der Waals surface area (Å²) >= 11 is 6.83. The lowest BCUT2D eigenvalue weighted by molar-refractivity contribution is 0.102. The number of carbonyl (C=O) groups excluding carboxylic acids is 1. The Labute approximate surface area is 129 Å². The summed E-state index contributed by atoms with van der Waals surface area (Å²) < 4.78 is 0.887. The van der Waals surface area contributed by atoms with E-state index in [0.717, 1.165) is 26.6 Å². The first-order valence-corrected chi connectivity index (χ1v) is 7.74. The van der Waals surface area contributed by atoms with Crippen molar-refractivity contribution in [1.29, 1.82) is 0 Å². The average Bonchev–Trinajstić information content (AvgIpc) is 2.42. The van der Waals surface area contributed by atoms with E-state index in [4.69, 9.17) is 0 Å². The molecule has 2 aromatic carbocycles. The maximum absolute atomic E-state index is 12.1. The number of benzene rings is 2. The summed E-state index contributed by atoms with van der Waals surface area (Å²) in [5.41, 5.74) is 3.72. The fraction of sp³-hybridized carbons (Fsp3) is 0.133. The topological polar surface area (TPSA) is 29.1 Å². The summed E-state index contributed by atoms with van der Waals surface area (Å²) in [7, 11) is 0. The number of amides is 1. The molecule has 0 spiro atoms. The summed E-state index contributed by atoms with van der Waals surface area (Å²) in [5.74, 6) is -0.106. The molecule has 0 bridgehead atoms. The van der Waals surface area contributed by atoms with Crippen LogP contribution in [0.1, 0.15) is 21.5 Å². The van der Waals surface area contributed by atoms with Crippen molar-refractivity contribution in [1.82, 2.24) is 0 Å². The van der Waals surface area contributed by atoms with Gasteiger partial charge in [-0.3, -0.25) is 4.79 Å². The van der Waals surface area contributed by atoms with Crippen LogP contribution in [0.4, 0.5) is 5.69 Å². The first-order valence-electron chi connectivity index (χ1n) is 5.82. The monoisotopic (exact) mass is 381 g/mol. The first kappa shape index (κ1) is 14.3. The van der Waals surface area contributed by atoms with Crippen LogP contribution >= 0.6 is 31.9 Å². The third-order valence-electron chi connectivity index (χ3n) is 2.74. The molecule has 0 fully saturated rings. The van der Waals surface area contributed by atoms with Gasteiger partial charge in [0.05, 0.1) is 5.69 Å². The summed E-state index contributed by atoms with van der Waals surface area (Å²) in [6, 6.07) is 13.4. The van der Waals surface area contributed by atoms with Crippen molar-refractivity contribution in [3.63, 3.8) is 0 Å². The van der Waals surface area contributed by atoms with Gasteiger partial charge in [-0.2, -0.15) is 0 Å². The van der Waals surface area contributed by atoms with E-state index >= 15 is 0 Å². The standard InChI is InChI=1S/C15H13Br2NO/c1-10-2-7-14(13(17)8-10)18-15(19)12-5-3-11(9-16)4-6-12/h2-8H,9H2,1H3,(H,18,19). The maximum atomic E-state index is 12.1. The minimum Gasteiger partial charge on any atom is -0.321 e. The molecule has 0 saturated heterocycles. The van der Waals surface area contributed by atoms with Crippen molar-refractivity contribution in [2.24, 2.45) is 0 Å². The van der Waals surface area contributed by atoms with Crippen LogP contribution < -0.4 is 5.32 Å². The molecule has 2 rings (SSSR count). The van der Waals surface area contributed by atoms with Crippen LogP contribution in [-0.2, 0) is 5.33 Å². The Kier molecular flexibility index (Phi) is 4.77. The fourth-order valence-corrected chi connectivity index (χ4v) is 2.63. The predicted molar refractivity (Wildman–Crippen MR) is 85.9 cm³/mol. The van der Waals surface area contributed by atoms with E-state index in [9.17, 15) is 4.79 Å². The van der Waals surface area contributed by atoms with Crippen molar-refractivity contribution in [2.75, 3.05) is 5.32 Å². The molecule has 0 aliphatic heterocycles. The zero-order chi connectivity index (χ0) is 13.8. The van der Waals surface area contributed by atoms with Crippen LogP contribution in [0.3, 0.4) is 0 Å². The molecule has 0 heterocycles. The highest BCUT2D eigenvalue weighted by Gasteiger charge is 2.08. The average molecular weight is 383 g/mol. The van der Waals surface area contributed by atoms with Crippen LogP contribution in [-0.4, -0.2) is 5.91 Å². The molecule has 2 aromatic rings. The van der Waals surface area contributed by atoms with Crippen molar-refractivity contribution >= 4 is 43.5 Å². The molecule has 0 aliphatic carbocycles. The lowest BCUT2D eigenvalue weighted by Crippen LogP contribution is -2.12. The number of aryl methyl sites for hydroxylation is 1. The van der Waals surface area contributed by atoms with Gasteiger partial charge in [0.15, 0.2) is 0 Å². The Morgan fingerprint density at radius 3 is 2.42 bits per heavy atom. The SMILES string of the molecule is Cc1ccc(NC(=O)c2ccc(CBr)cc2)c(Br)c1. The molecule has 0 unspecified atom stereocenters. The number of hydrogen-bond donors (Lipinski definition) is 1. The number of carbonyl (C=O) groups is 1. The smallest absolute Gasteiger partial charge is 0.255 e. The minimum atomic E-state index is -0.106. The third-order valence-corrected chi connectivity index (χ3v) is 4.05. The molecule has 2 nitrogen and oxygen atoms in total. The first-order chi connectivity index (χ1) is 9.10. The Morgan fingerprint density at radius 2 is 1.84 bits per heavy atom. The molecule has 1 amide bonds. The molecule has 0 saturated carbocycles. The van der Waals surface area contributed by atoms with Crippen LogP contribution in [0, 0.1) is 6.92 Å². The number of halogens is 2. The Balaban J connectivity index is 2.15. The fourth-order valence-electron chi connectivity index (χ4n) is 1.66. The maximum Gasteiger partial charge on any atom is 0.255 e. The van der Waals surface area contributed by atoms with E-state index in [1.807, 2.05) is 49.4 Å². The molecule has 0 atom stereocenters. The summed E-state index contributed by atoms with van der Waals surface area (Å²) in [5, 5.41) is 3.68. The molecule has 98 valence electrons. The quantitative estimate of drug-likeness (QED) is 0.751. The lowest BCUT2D eigenvalue weighted by Gasteiger charge is -2.08.